The van der Waals surface area contributed by atoms with E-state index in [2.05, 4.69) is 4.90 Å². The van der Waals surface area contributed by atoms with Crippen molar-refractivity contribution in [3.05, 3.63) is 6.42 Å². The second-order valence-corrected chi connectivity index (χ2v) is 3.63. The number of hydrogen-bond acceptors (Lipinski definition) is 3. The maximum absolute atomic E-state index is 10.2. The fraction of sp³-hybridized carbons (Fsp3) is 0.714. The number of primary amides is 1. The molecule has 65 valence electrons. The molecule has 0 aromatic carbocycles. The summed E-state index contributed by atoms with van der Waals surface area (Å²) in [4.78, 5) is 12.3. The van der Waals surface area contributed by atoms with E-state index in [1.165, 1.54) is 6.42 Å². The summed E-state index contributed by atoms with van der Waals surface area (Å²) in [6.45, 7) is 1.04. The van der Waals surface area contributed by atoms with E-state index in [0.717, 1.165) is 18.1 Å². The Morgan fingerprint density at radius 1 is 1.64 bits per heavy atom. The Kier molecular flexibility index (Phi) is 6.36. The second kappa shape index (κ2) is 6.49. The normalized spacial score (nSPS) is 10.5. The number of nitrogens with zero attached hydrogens (tertiary/aromatic N) is 1. The van der Waals surface area contributed by atoms with Crippen LogP contribution in [0.25, 0.3) is 0 Å². The van der Waals surface area contributed by atoms with Gasteiger partial charge in [0.1, 0.15) is 0 Å². The van der Waals surface area contributed by atoms with Crippen molar-refractivity contribution in [2.75, 3.05) is 32.1 Å². The first kappa shape index (κ1) is 10.8. The molecular formula is C7H15N2OS. The largest absolute Gasteiger partial charge is 0.369 e. The predicted octanol–water partition coefficient (Wildman–Crippen LogP) is -0.0292. The molecule has 0 fully saturated rings. The fourth-order valence-electron chi connectivity index (χ4n) is 0.472. The van der Waals surface area contributed by atoms with Crippen LogP contribution < -0.4 is 5.73 Å². The van der Waals surface area contributed by atoms with Crippen molar-refractivity contribution >= 4 is 17.7 Å². The number of rotatable bonds is 6. The number of thioether (sulfide) groups is 1. The van der Waals surface area contributed by atoms with Crippen LogP contribution in [0.5, 0.6) is 0 Å². The highest BCUT2D eigenvalue weighted by Crippen LogP contribution is 2.00. The summed E-state index contributed by atoms with van der Waals surface area (Å²) in [5, 5.41) is 0. The SMILES string of the molecule is CN(C)CCSC[CH]C(N)=O. The van der Waals surface area contributed by atoms with E-state index in [1.54, 1.807) is 11.8 Å². The third-order valence-corrected chi connectivity index (χ3v) is 1.96. The lowest BCUT2D eigenvalue weighted by Gasteiger charge is -2.07. The van der Waals surface area contributed by atoms with E-state index in [4.69, 9.17) is 5.73 Å². The van der Waals surface area contributed by atoms with E-state index < -0.39 is 0 Å². The number of nitrogens with two attached hydrogens (primary N) is 1. The highest BCUT2D eigenvalue weighted by molar-refractivity contribution is 7.99. The molecule has 1 amide bonds. The lowest BCUT2D eigenvalue weighted by atomic mass is 10.5. The fourth-order valence-corrected chi connectivity index (χ4v) is 1.41. The molecule has 0 spiro atoms. The van der Waals surface area contributed by atoms with Gasteiger partial charge < -0.3 is 10.6 Å². The van der Waals surface area contributed by atoms with Crippen LogP contribution in [0.1, 0.15) is 0 Å². The van der Waals surface area contributed by atoms with E-state index in [1.807, 2.05) is 14.1 Å². The van der Waals surface area contributed by atoms with Crippen LogP contribution >= 0.6 is 11.8 Å². The molecule has 0 bridgehead atoms. The Labute approximate surface area is 72.3 Å². The number of amides is 1. The molecule has 0 aromatic rings. The lowest BCUT2D eigenvalue weighted by molar-refractivity contribution is -0.114. The maximum Gasteiger partial charge on any atom is 0.222 e. The van der Waals surface area contributed by atoms with Gasteiger partial charge in [-0.3, -0.25) is 4.79 Å². The van der Waals surface area contributed by atoms with Crippen molar-refractivity contribution in [2.24, 2.45) is 5.73 Å². The maximum atomic E-state index is 10.2. The van der Waals surface area contributed by atoms with Gasteiger partial charge in [-0.2, -0.15) is 11.8 Å². The average Bonchev–Trinajstić information content (AvgIpc) is 1.85. The second-order valence-electron chi connectivity index (χ2n) is 2.48. The van der Waals surface area contributed by atoms with E-state index >= 15 is 0 Å². The summed E-state index contributed by atoms with van der Waals surface area (Å²) < 4.78 is 0. The zero-order valence-electron chi connectivity index (χ0n) is 7.04. The molecule has 0 heterocycles. The van der Waals surface area contributed by atoms with Gasteiger partial charge in [-0.25, -0.2) is 0 Å². The summed E-state index contributed by atoms with van der Waals surface area (Å²) in [6, 6.07) is 0. The summed E-state index contributed by atoms with van der Waals surface area (Å²) in [5.74, 6) is 1.43. The first-order chi connectivity index (χ1) is 5.13. The first-order valence-corrected chi connectivity index (χ1v) is 4.63. The Morgan fingerprint density at radius 2 is 2.27 bits per heavy atom. The summed E-state index contributed by atoms with van der Waals surface area (Å²) in [5.41, 5.74) is 4.92. The Hall–Kier alpha value is -0.220. The molecule has 0 saturated heterocycles. The van der Waals surface area contributed by atoms with Crippen molar-refractivity contribution < 1.29 is 4.79 Å². The summed E-state index contributed by atoms with van der Waals surface area (Å²) >= 11 is 1.71. The molecule has 0 aliphatic heterocycles. The van der Waals surface area contributed by atoms with Gasteiger partial charge in [0.15, 0.2) is 0 Å². The molecule has 0 aliphatic carbocycles. The van der Waals surface area contributed by atoms with Gasteiger partial charge >= 0.3 is 0 Å². The smallest absolute Gasteiger partial charge is 0.222 e. The van der Waals surface area contributed by atoms with Crippen LogP contribution in [0.4, 0.5) is 0 Å². The van der Waals surface area contributed by atoms with Crippen molar-refractivity contribution in [1.29, 1.82) is 0 Å². The molecule has 0 aliphatic rings. The Bertz CT molecular complexity index is 117. The molecule has 0 rings (SSSR count). The van der Waals surface area contributed by atoms with Crippen molar-refractivity contribution in [3.8, 4) is 0 Å². The van der Waals surface area contributed by atoms with Crippen molar-refractivity contribution in [3.63, 3.8) is 0 Å². The predicted molar refractivity (Wildman–Crippen MR) is 49.4 cm³/mol. The summed E-state index contributed by atoms with van der Waals surface area (Å²) in [7, 11) is 4.05. The lowest BCUT2D eigenvalue weighted by Crippen LogP contribution is -2.16. The van der Waals surface area contributed by atoms with Crippen LogP contribution in [-0.4, -0.2) is 43.0 Å². The van der Waals surface area contributed by atoms with Crippen molar-refractivity contribution in [2.45, 2.75) is 0 Å². The Morgan fingerprint density at radius 3 is 2.73 bits per heavy atom. The molecule has 4 heteroatoms. The first-order valence-electron chi connectivity index (χ1n) is 3.48. The minimum atomic E-state index is -0.331. The molecule has 11 heavy (non-hydrogen) atoms. The van der Waals surface area contributed by atoms with Gasteiger partial charge in [-0.15, -0.1) is 0 Å². The van der Waals surface area contributed by atoms with Crippen LogP contribution in [0.15, 0.2) is 0 Å². The highest BCUT2D eigenvalue weighted by Gasteiger charge is 1.95. The van der Waals surface area contributed by atoms with Crippen LogP contribution in [-0.2, 0) is 4.79 Å². The Balaban J connectivity index is 2.97. The number of carbonyl (C=O) groups is 1. The standard InChI is InChI=1S/C7H15N2OS/c1-9(2)4-6-11-5-3-7(8)10/h3H,4-6H2,1-2H3,(H2,8,10). The quantitative estimate of drug-likeness (QED) is 0.577. The van der Waals surface area contributed by atoms with Gasteiger partial charge in [0, 0.05) is 18.1 Å². The van der Waals surface area contributed by atoms with Crippen LogP contribution in [0.3, 0.4) is 0 Å². The van der Waals surface area contributed by atoms with Gasteiger partial charge in [0.25, 0.3) is 0 Å². The minimum absolute atomic E-state index is 0.331. The molecule has 0 saturated carbocycles. The van der Waals surface area contributed by atoms with Gasteiger partial charge in [-0.1, -0.05) is 0 Å². The van der Waals surface area contributed by atoms with E-state index in [9.17, 15) is 4.79 Å². The number of hydrogen-bond donors (Lipinski definition) is 1. The van der Waals surface area contributed by atoms with Crippen LogP contribution in [0.2, 0.25) is 0 Å². The third kappa shape index (κ3) is 9.78. The topological polar surface area (TPSA) is 46.3 Å². The average molecular weight is 175 g/mol. The number of carbonyl (C=O) groups excluding carboxylic acids is 1. The van der Waals surface area contributed by atoms with Gasteiger partial charge in [0.2, 0.25) is 5.91 Å². The monoisotopic (exact) mass is 175 g/mol. The third-order valence-electron chi connectivity index (χ3n) is 1.09. The molecular weight excluding hydrogens is 160 g/mol. The molecule has 0 unspecified atom stereocenters. The van der Waals surface area contributed by atoms with Gasteiger partial charge in [-0.05, 0) is 14.1 Å². The zero-order chi connectivity index (χ0) is 8.69. The van der Waals surface area contributed by atoms with Crippen molar-refractivity contribution in [1.82, 2.24) is 4.90 Å². The highest BCUT2D eigenvalue weighted by atomic mass is 32.2. The molecule has 2 N–H and O–H groups in total. The molecule has 0 atom stereocenters. The molecule has 1 radical (unpaired) electrons. The minimum Gasteiger partial charge on any atom is -0.369 e. The molecule has 3 nitrogen and oxygen atoms in total. The summed E-state index contributed by atoms with van der Waals surface area (Å²) in [6.07, 6.45) is 1.50. The van der Waals surface area contributed by atoms with E-state index in [0.29, 0.717) is 0 Å². The zero-order valence-corrected chi connectivity index (χ0v) is 7.86. The molecule has 0 aromatic heterocycles. The van der Waals surface area contributed by atoms with E-state index in [-0.39, 0.29) is 5.91 Å². The van der Waals surface area contributed by atoms with Gasteiger partial charge in [0.05, 0.1) is 6.42 Å². The van der Waals surface area contributed by atoms with Crippen LogP contribution in [0, 0.1) is 6.42 Å².